The summed E-state index contributed by atoms with van der Waals surface area (Å²) in [5.41, 5.74) is 6.13. The third kappa shape index (κ3) is 3.60. The lowest BCUT2D eigenvalue weighted by Gasteiger charge is -2.22. The van der Waals surface area contributed by atoms with Crippen LogP contribution in [0, 0.1) is 0 Å². The number of aromatic hydroxyl groups is 6. The molecule has 6 N–H and O–H groups in total. The monoisotopic (exact) mass is 630 g/mol. The number of rotatable bonds is 2. The fourth-order valence-corrected chi connectivity index (χ4v) is 7.62. The van der Waals surface area contributed by atoms with Crippen LogP contribution in [0.4, 0.5) is 0 Å². The number of benzene rings is 7. The fourth-order valence-electron chi connectivity index (χ4n) is 7.62. The van der Waals surface area contributed by atoms with E-state index in [0.717, 1.165) is 62.2 Å². The highest BCUT2D eigenvalue weighted by molar-refractivity contribution is 6.39. The van der Waals surface area contributed by atoms with E-state index in [1.807, 2.05) is 54.6 Å². The van der Waals surface area contributed by atoms with E-state index in [-0.39, 0.29) is 21.8 Å². The van der Waals surface area contributed by atoms with Gasteiger partial charge in [0.25, 0.3) is 0 Å². The molecule has 8 aromatic rings. The molecule has 0 saturated carbocycles. The Morgan fingerprint density at radius 3 is 1.85 bits per heavy atom. The number of allylic oxidation sites excluding steroid dienone is 1. The summed E-state index contributed by atoms with van der Waals surface area (Å²) in [5.74, 6) is -4.17. The molecule has 9 rings (SSSR count). The summed E-state index contributed by atoms with van der Waals surface area (Å²) in [6, 6.07) is 25.7. The van der Waals surface area contributed by atoms with E-state index in [0.29, 0.717) is 16.3 Å². The molecule has 0 fully saturated rings. The van der Waals surface area contributed by atoms with Crippen LogP contribution in [-0.2, 0) is 6.42 Å². The summed E-state index contributed by atoms with van der Waals surface area (Å²) in [6.45, 7) is 0. The highest BCUT2D eigenvalue weighted by atomic mass is 16.3. The van der Waals surface area contributed by atoms with Crippen molar-refractivity contribution in [3.05, 3.63) is 96.1 Å². The lowest BCUT2D eigenvalue weighted by Crippen LogP contribution is -2.05. The summed E-state index contributed by atoms with van der Waals surface area (Å²) in [4.78, 5) is 0. The quantitative estimate of drug-likeness (QED) is 0.0496. The molecule has 7 aromatic carbocycles. The van der Waals surface area contributed by atoms with E-state index >= 15 is 0 Å². The Hall–Kier alpha value is -6.28. The van der Waals surface area contributed by atoms with Gasteiger partial charge in [-0.3, -0.25) is 0 Å². The van der Waals surface area contributed by atoms with E-state index in [2.05, 4.69) is 36.4 Å². The number of aryl methyl sites for hydroxylation is 1. The van der Waals surface area contributed by atoms with Gasteiger partial charge in [-0.05, 0) is 68.7 Å². The second-order valence-electron chi connectivity index (χ2n) is 12.5. The van der Waals surface area contributed by atoms with Gasteiger partial charge in [0.15, 0.2) is 23.0 Å². The van der Waals surface area contributed by atoms with E-state index < -0.39 is 34.5 Å². The predicted molar refractivity (Wildman–Crippen MR) is 193 cm³/mol. The molecule has 0 aliphatic heterocycles. The molecular weight excluding hydrogens is 603 g/mol. The van der Waals surface area contributed by atoms with Gasteiger partial charge in [-0.15, -0.1) is 0 Å². The molecule has 8 heteroatoms. The maximum absolute atomic E-state index is 11.5. The van der Waals surface area contributed by atoms with Crippen LogP contribution in [0.2, 0.25) is 0 Å². The van der Waals surface area contributed by atoms with Crippen molar-refractivity contribution in [3.63, 3.8) is 0 Å². The third-order valence-electron chi connectivity index (χ3n) is 9.94. The minimum Gasteiger partial charge on any atom is -0.508 e. The van der Waals surface area contributed by atoms with Crippen LogP contribution in [0.1, 0.15) is 17.5 Å². The van der Waals surface area contributed by atoms with E-state index in [9.17, 15) is 30.6 Å². The Kier molecular flexibility index (Phi) is 5.75. The average Bonchev–Trinajstić information content (AvgIpc) is 3.50. The molecule has 0 unspecified atom stereocenters. The molecule has 48 heavy (non-hydrogen) atoms. The standard InChI is InChI=1S/C40H27BO7/c41-33-34(42)32-31(35(43)38(33)46)30(36(44)39(47)37(32)45)29-24-11-5-3-9-22(24)28(23-10-4-6-12-25(23)29)19-14-15-21-26-16-13-18-7-1-2-8-20(18)40(26)48-27(21)17-19/h2-6,8-17,42-47H,1,7,41H2. The minimum absolute atomic E-state index is 0.0482. The van der Waals surface area contributed by atoms with Gasteiger partial charge in [-0.1, -0.05) is 78.9 Å². The topological polar surface area (TPSA) is 135 Å². The highest BCUT2D eigenvalue weighted by Crippen LogP contribution is 2.58. The van der Waals surface area contributed by atoms with Crippen molar-refractivity contribution in [1.29, 1.82) is 0 Å². The van der Waals surface area contributed by atoms with Crippen molar-refractivity contribution in [2.75, 3.05) is 0 Å². The Morgan fingerprint density at radius 1 is 0.542 bits per heavy atom. The first kappa shape index (κ1) is 28.0. The summed E-state index contributed by atoms with van der Waals surface area (Å²) in [6.07, 6.45) is 6.31. The number of fused-ring (bicyclic) bond motifs is 8. The van der Waals surface area contributed by atoms with Crippen LogP contribution in [0.5, 0.6) is 34.5 Å². The first-order chi connectivity index (χ1) is 23.3. The van der Waals surface area contributed by atoms with Gasteiger partial charge in [0, 0.05) is 32.8 Å². The van der Waals surface area contributed by atoms with Gasteiger partial charge in [0.05, 0.1) is 5.39 Å². The number of hydrogen-bond acceptors (Lipinski definition) is 7. The van der Waals surface area contributed by atoms with E-state index in [1.165, 1.54) is 13.4 Å². The van der Waals surface area contributed by atoms with Crippen LogP contribution >= 0.6 is 0 Å². The molecule has 0 spiro atoms. The predicted octanol–water partition coefficient (Wildman–Crippen LogP) is 7.83. The SMILES string of the molecule is Bc1c(O)c(O)c2c(-c3c4ccccc4c(-c4ccc5c(c4)oc4c6c(ccc45)CCC=C6)c4ccccc34)c(O)c(O)c(O)c2c1O. The third-order valence-corrected chi connectivity index (χ3v) is 9.94. The van der Waals surface area contributed by atoms with Crippen LogP contribution in [0.3, 0.4) is 0 Å². The van der Waals surface area contributed by atoms with Crippen LogP contribution in [-0.4, -0.2) is 38.5 Å². The summed E-state index contributed by atoms with van der Waals surface area (Å²) < 4.78 is 6.55. The number of furan rings is 1. The summed E-state index contributed by atoms with van der Waals surface area (Å²) in [5, 5.41) is 70.9. The first-order valence-corrected chi connectivity index (χ1v) is 15.7. The van der Waals surface area contributed by atoms with E-state index in [4.69, 9.17) is 4.42 Å². The van der Waals surface area contributed by atoms with Gasteiger partial charge in [-0.2, -0.15) is 0 Å². The molecule has 1 aliphatic carbocycles. The molecular formula is C40H27BO7. The van der Waals surface area contributed by atoms with Gasteiger partial charge in [-0.25, -0.2) is 0 Å². The number of phenolic OH excluding ortho intramolecular Hbond substituents is 6. The first-order valence-electron chi connectivity index (χ1n) is 15.7. The molecule has 1 aromatic heterocycles. The lowest BCUT2D eigenvalue weighted by molar-refractivity contribution is 0.370. The number of phenols is 6. The van der Waals surface area contributed by atoms with E-state index in [1.54, 1.807) is 0 Å². The second kappa shape index (κ2) is 9.86. The minimum atomic E-state index is -0.859. The Morgan fingerprint density at radius 2 is 1.17 bits per heavy atom. The largest absolute Gasteiger partial charge is 0.508 e. The molecule has 0 atom stereocenters. The maximum Gasteiger partial charge on any atom is 0.201 e. The van der Waals surface area contributed by atoms with Gasteiger partial charge >= 0.3 is 0 Å². The molecule has 0 bridgehead atoms. The molecule has 1 aliphatic rings. The Balaban J connectivity index is 1.41. The molecule has 0 saturated heterocycles. The summed E-state index contributed by atoms with van der Waals surface area (Å²) >= 11 is 0. The molecule has 0 amide bonds. The van der Waals surface area contributed by atoms with Crippen molar-refractivity contribution in [2.24, 2.45) is 0 Å². The van der Waals surface area contributed by atoms with Crippen molar-refractivity contribution in [3.8, 4) is 56.8 Å². The normalized spacial score (nSPS) is 12.9. The van der Waals surface area contributed by atoms with Gasteiger partial charge in [0.2, 0.25) is 5.75 Å². The molecule has 1 heterocycles. The van der Waals surface area contributed by atoms with Crippen molar-refractivity contribution in [2.45, 2.75) is 12.8 Å². The zero-order valence-corrected chi connectivity index (χ0v) is 25.7. The fraction of sp³-hybridized carbons (Fsp3) is 0.0500. The average molecular weight is 630 g/mol. The lowest BCUT2D eigenvalue weighted by atomic mass is 9.82. The van der Waals surface area contributed by atoms with Gasteiger partial charge in [0.1, 0.15) is 24.8 Å². The zero-order chi connectivity index (χ0) is 33.0. The molecule has 7 nitrogen and oxygen atoms in total. The van der Waals surface area contributed by atoms with Crippen LogP contribution < -0.4 is 5.46 Å². The maximum atomic E-state index is 11.5. The van der Waals surface area contributed by atoms with Crippen molar-refractivity contribution in [1.82, 2.24) is 0 Å². The second-order valence-corrected chi connectivity index (χ2v) is 12.5. The van der Waals surface area contributed by atoms with Crippen LogP contribution in [0.15, 0.2) is 89.4 Å². The van der Waals surface area contributed by atoms with Crippen molar-refractivity contribution >= 4 is 73.6 Å². The molecule has 232 valence electrons. The molecule has 0 radical (unpaired) electrons. The zero-order valence-electron chi connectivity index (χ0n) is 25.7. The number of hydrogen-bond donors (Lipinski definition) is 6. The summed E-state index contributed by atoms with van der Waals surface area (Å²) in [7, 11) is 1.37. The Bertz CT molecular complexity index is 2690. The van der Waals surface area contributed by atoms with Crippen molar-refractivity contribution < 1.29 is 35.1 Å². The highest BCUT2D eigenvalue weighted by Gasteiger charge is 2.30. The van der Waals surface area contributed by atoms with Gasteiger partial charge < -0.3 is 35.1 Å². The smallest absolute Gasteiger partial charge is 0.201 e. The Labute approximate surface area is 273 Å². The van der Waals surface area contributed by atoms with Crippen LogP contribution in [0.25, 0.3) is 82.6 Å².